The van der Waals surface area contributed by atoms with Crippen molar-refractivity contribution in [3.63, 3.8) is 0 Å². The lowest BCUT2D eigenvalue weighted by molar-refractivity contribution is 0.0653. The molecule has 1 aromatic carbocycles. The van der Waals surface area contributed by atoms with E-state index >= 15 is 0 Å². The number of piperidine rings is 1. The number of halogens is 1. The number of hydrogen-bond donors (Lipinski definition) is 1. The van der Waals surface area contributed by atoms with E-state index in [-0.39, 0.29) is 17.5 Å². The average Bonchev–Trinajstić information content (AvgIpc) is 2.45. The Balaban J connectivity index is 2.11. The van der Waals surface area contributed by atoms with Crippen LogP contribution < -0.4 is 5.32 Å². The second kappa shape index (κ2) is 6.84. The minimum atomic E-state index is -0.437. The van der Waals surface area contributed by atoms with Gasteiger partial charge in [0.2, 0.25) is 0 Å². The molecular weight excluding hydrogens is 255 g/mol. The summed E-state index contributed by atoms with van der Waals surface area (Å²) in [5.41, 5.74) is 0.176. The summed E-state index contributed by atoms with van der Waals surface area (Å²) in [5, 5.41) is 3.32. The van der Waals surface area contributed by atoms with E-state index < -0.39 is 5.82 Å². The molecule has 1 aliphatic heterocycles. The van der Waals surface area contributed by atoms with E-state index in [1.165, 1.54) is 6.07 Å². The van der Waals surface area contributed by atoms with Crippen LogP contribution in [-0.4, -0.2) is 36.5 Å². The minimum Gasteiger partial charge on any atom is -0.336 e. The van der Waals surface area contributed by atoms with Crippen LogP contribution in [-0.2, 0) is 0 Å². The van der Waals surface area contributed by atoms with Crippen molar-refractivity contribution in [3.05, 3.63) is 35.6 Å². The molecule has 2 rings (SSSR count). The van der Waals surface area contributed by atoms with Gasteiger partial charge in [-0.1, -0.05) is 12.1 Å². The van der Waals surface area contributed by atoms with Gasteiger partial charge in [-0.2, -0.15) is 0 Å². The van der Waals surface area contributed by atoms with Crippen molar-refractivity contribution in [2.45, 2.75) is 32.7 Å². The first-order chi connectivity index (χ1) is 9.59. The standard InChI is InChI=1S/C16H23FN2O/c1-12(2)19(11-13-7-9-18-10-8-13)16(20)14-5-3-4-6-15(14)17/h3-6,12-13,18H,7-11H2,1-2H3. The predicted molar refractivity (Wildman–Crippen MR) is 78.2 cm³/mol. The molecule has 0 aliphatic carbocycles. The number of benzene rings is 1. The van der Waals surface area contributed by atoms with E-state index in [2.05, 4.69) is 5.32 Å². The van der Waals surface area contributed by atoms with Crippen LogP contribution in [0.1, 0.15) is 37.0 Å². The normalized spacial score (nSPS) is 16.4. The molecule has 0 aromatic heterocycles. The largest absolute Gasteiger partial charge is 0.336 e. The Labute approximate surface area is 120 Å². The fourth-order valence-electron chi connectivity index (χ4n) is 2.66. The third-order valence-corrected chi connectivity index (χ3v) is 3.90. The second-order valence-electron chi connectivity index (χ2n) is 5.72. The summed E-state index contributed by atoms with van der Waals surface area (Å²) in [7, 11) is 0. The Kier molecular flexibility index (Phi) is 5.12. The van der Waals surface area contributed by atoms with Crippen molar-refractivity contribution >= 4 is 5.91 Å². The van der Waals surface area contributed by atoms with Crippen LogP contribution in [0.25, 0.3) is 0 Å². The molecule has 0 atom stereocenters. The van der Waals surface area contributed by atoms with E-state index in [9.17, 15) is 9.18 Å². The Morgan fingerprint density at radius 3 is 2.60 bits per heavy atom. The maximum Gasteiger partial charge on any atom is 0.257 e. The number of amides is 1. The fourth-order valence-corrected chi connectivity index (χ4v) is 2.66. The Hall–Kier alpha value is -1.42. The van der Waals surface area contributed by atoms with Crippen LogP contribution in [0.15, 0.2) is 24.3 Å². The van der Waals surface area contributed by atoms with Crippen LogP contribution >= 0.6 is 0 Å². The highest BCUT2D eigenvalue weighted by molar-refractivity contribution is 5.94. The van der Waals surface area contributed by atoms with Gasteiger partial charge in [-0.25, -0.2) is 4.39 Å². The molecule has 1 fully saturated rings. The van der Waals surface area contributed by atoms with Gasteiger partial charge < -0.3 is 10.2 Å². The van der Waals surface area contributed by atoms with E-state index in [0.29, 0.717) is 12.5 Å². The molecule has 0 bridgehead atoms. The molecule has 1 amide bonds. The average molecular weight is 278 g/mol. The number of nitrogens with one attached hydrogen (secondary N) is 1. The van der Waals surface area contributed by atoms with E-state index in [1.807, 2.05) is 13.8 Å². The molecule has 0 unspecified atom stereocenters. The van der Waals surface area contributed by atoms with Gasteiger partial charge >= 0.3 is 0 Å². The third kappa shape index (κ3) is 3.57. The van der Waals surface area contributed by atoms with Gasteiger partial charge in [-0.3, -0.25) is 4.79 Å². The van der Waals surface area contributed by atoms with Gasteiger partial charge in [-0.15, -0.1) is 0 Å². The molecule has 1 aliphatic rings. The SMILES string of the molecule is CC(C)N(CC1CCNCC1)C(=O)c1ccccc1F. The van der Waals surface area contributed by atoms with Crippen molar-refractivity contribution in [3.8, 4) is 0 Å². The van der Waals surface area contributed by atoms with Gasteiger partial charge in [-0.05, 0) is 57.8 Å². The topological polar surface area (TPSA) is 32.3 Å². The summed E-state index contributed by atoms with van der Waals surface area (Å²) < 4.78 is 13.8. The highest BCUT2D eigenvalue weighted by atomic mass is 19.1. The van der Waals surface area contributed by atoms with Crippen molar-refractivity contribution in [1.29, 1.82) is 0 Å². The van der Waals surface area contributed by atoms with E-state index in [1.54, 1.807) is 23.1 Å². The van der Waals surface area contributed by atoms with Crippen LogP contribution in [0.4, 0.5) is 4.39 Å². The fraction of sp³-hybridized carbons (Fsp3) is 0.562. The maximum absolute atomic E-state index is 13.8. The Morgan fingerprint density at radius 2 is 2.00 bits per heavy atom. The van der Waals surface area contributed by atoms with Crippen molar-refractivity contribution in [2.24, 2.45) is 5.92 Å². The van der Waals surface area contributed by atoms with Gasteiger partial charge in [0.15, 0.2) is 0 Å². The van der Waals surface area contributed by atoms with Gasteiger partial charge in [0.25, 0.3) is 5.91 Å². The molecule has 20 heavy (non-hydrogen) atoms. The molecule has 0 saturated carbocycles. The molecular formula is C16H23FN2O. The smallest absolute Gasteiger partial charge is 0.257 e. The summed E-state index contributed by atoms with van der Waals surface area (Å²) in [6.07, 6.45) is 2.15. The van der Waals surface area contributed by atoms with E-state index in [0.717, 1.165) is 25.9 Å². The first-order valence-electron chi connectivity index (χ1n) is 7.36. The number of hydrogen-bond acceptors (Lipinski definition) is 2. The first-order valence-corrected chi connectivity index (χ1v) is 7.36. The maximum atomic E-state index is 13.8. The predicted octanol–water partition coefficient (Wildman–Crippen LogP) is 2.68. The highest BCUT2D eigenvalue weighted by Gasteiger charge is 2.25. The molecule has 1 saturated heterocycles. The number of carbonyl (C=O) groups is 1. The quantitative estimate of drug-likeness (QED) is 0.918. The molecule has 0 spiro atoms. The second-order valence-corrected chi connectivity index (χ2v) is 5.72. The van der Waals surface area contributed by atoms with Crippen LogP contribution in [0.5, 0.6) is 0 Å². The molecule has 1 aromatic rings. The highest BCUT2D eigenvalue weighted by Crippen LogP contribution is 2.18. The molecule has 1 N–H and O–H groups in total. The van der Waals surface area contributed by atoms with Gasteiger partial charge in [0.1, 0.15) is 5.82 Å². The first kappa shape index (κ1) is 15.0. The van der Waals surface area contributed by atoms with E-state index in [4.69, 9.17) is 0 Å². The molecule has 4 heteroatoms. The molecule has 110 valence electrons. The number of rotatable bonds is 4. The number of nitrogens with zero attached hydrogens (tertiary/aromatic N) is 1. The lowest BCUT2D eigenvalue weighted by Gasteiger charge is -2.33. The van der Waals surface area contributed by atoms with Crippen LogP contribution in [0.3, 0.4) is 0 Å². The van der Waals surface area contributed by atoms with Crippen LogP contribution in [0.2, 0.25) is 0 Å². The Morgan fingerprint density at radius 1 is 1.35 bits per heavy atom. The lowest BCUT2D eigenvalue weighted by atomic mass is 9.96. The third-order valence-electron chi connectivity index (χ3n) is 3.90. The molecule has 3 nitrogen and oxygen atoms in total. The van der Waals surface area contributed by atoms with Crippen molar-refractivity contribution in [1.82, 2.24) is 10.2 Å². The summed E-state index contributed by atoms with van der Waals surface area (Å²) in [6, 6.07) is 6.31. The Bertz CT molecular complexity index is 456. The molecule has 1 heterocycles. The zero-order valence-electron chi connectivity index (χ0n) is 12.2. The van der Waals surface area contributed by atoms with Gasteiger partial charge in [0, 0.05) is 12.6 Å². The van der Waals surface area contributed by atoms with Crippen molar-refractivity contribution in [2.75, 3.05) is 19.6 Å². The summed E-state index contributed by atoms with van der Waals surface area (Å²) >= 11 is 0. The minimum absolute atomic E-state index is 0.0805. The monoisotopic (exact) mass is 278 g/mol. The number of carbonyl (C=O) groups excluding carboxylic acids is 1. The summed E-state index contributed by atoms with van der Waals surface area (Å²) in [5.74, 6) is -0.125. The van der Waals surface area contributed by atoms with Crippen LogP contribution in [0, 0.1) is 11.7 Å². The zero-order valence-corrected chi connectivity index (χ0v) is 12.2. The molecule has 0 radical (unpaired) electrons. The van der Waals surface area contributed by atoms with Crippen molar-refractivity contribution < 1.29 is 9.18 Å². The summed E-state index contributed by atoms with van der Waals surface area (Å²) in [6.45, 7) is 6.70. The van der Waals surface area contributed by atoms with Gasteiger partial charge in [0.05, 0.1) is 5.56 Å². The lowest BCUT2D eigenvalue weighted by Crippen LogP contribution is -2.43. The zero-order chi connectivity index (χ0) is 14.5. The summed E-state index contributed by atoms with van der Waals surface area (Å²) in [4.78, 5) is 14.4.